The number of benzene rings is 1. The van der Waals surface area contributed by atoms with Gasteiger partial charge in [0.2, 0.25) is 0 Å². The summed E-state index contributed by atoms with van der Waals surface area (Å²) in [6.45, 7) is 1.93. The zero-order chi connectivity index (χ0) is 12.5. The predicted molar refractivity (Wildman–Crippen MR) is 74.6 cm³/mol. The van der Waals surface area contributed by atoms with Crippen molar-refractivity contribution in [2.24, 2.45) is 0 Å². The van der Waals surface area contributed by atoms with E-state index >= 15 is 0 Å². The molecule has 2 heterocycles. The van der Waals surface area contributed by atoms with Crippen molar-refractivity contribution in [1.82, 2.24) is 0 Å². The third kappa shape index (κ3) is 1.83. The van der Waals surface area contributed by atoms with Crippen LogP contribution in [0.1, 0.15) is 16.0 Å². The molecule has 2 N–H and O–H groups in total. The van der Waals surface area contributed by atoms with Gasteiger partial charge in [0.05, 0.1) is 5.56 Å². The van der Waals surface area contributed by atoms with E-state index in [2.05, 4.69) is 22.4 Å². The summed E-state index contributed by atoms with van der Waals surface area (Å²) in [5.41, 5.74) is 9.34. The topological polar surface area (TPSA) is 53.0 Å². The lowest BCUT2D eigenvalue weighted by molar-refractivity contribution is 0.744. The van der Waals surface area contributed by atoms with Gasteiger partial charge in [-0.3, -0.25) is 0 Å². The molecule has 4 heteroatoms. The largest absolute Gasteiger partial charge is 0.398 e. The number of hydrogen-bond acceptors (Lipinski definition) is 4. The second kappa shape index (κ2) is 4.35. The minimum absolute atomic E-state index is 0.550. The number of nitrogens with two attached hydrogens (primary N) is 1. The monoisotopic (exact) mass is 255 g/mol. The number of nitrogen functional groups attached to an aromatic ring is 1. The summed E-state index contributed by atoms with van der Waals surface area (Å²) in [5, 5.41) is 11.2. The minimum Gasteiger partial charge on any atom is -0.398 e. The van der Waals surface area contributed by atoms with Crippen molar-refractivity contribution < 1.29 is 0 Å². The molecule has 1 aliphatic heterocycles. The van der Waals surface area contributed by atoms with Gasteiger partial charge in [-0.25, -0.2) is 0 Å². The van der Waals surface area contributed by atoms with Gasteiger partial charge in [0.25, 0.3) is 0 Å². The number of fused-ring (bicyclic) bond motifs is 1. The normalized spacial score (nSPS) is 14.1. The molecule has 3 rings (SSSR count). The van der Waals surface area contributed by atoms with Crippen molar-refractivity contribution in [3.8, 4) is 6.07 Å². The first-order valence-electron chi connectivity index (χ1n) is 5.88. The lowest BCUT2D eigenvalue weighted by atomic mass is 10.1. The number of anilines is 2. The van der Waals surface area contributed by atoms with Crippen LogP contribution in [0.15, 0.2) is 29.6 Å². The highest BCUT2D eigenvalue weighted by molar-refractivity contribution is 7.10. The van der Waals surface area contributed by atoms with Crippen molar-refractivity contribution >= 4 is 22.7 Å². The molecule has 2 aromatic rings. The number of nitrogens with zero attached hydrogens (tertiary/aromatic N) is 2. The molecule has 0 radical (unpaired) electrons. The molecule has 18 heavy (non-hydrogen) atoms. The van der Waals surface area contributed by atoms with Gasteiger partial charge in [0.15, 0.2) is 0 Å². The molecule has 0 spiro atoms. The maximum Gasteiger partial charge on any atom is 0.101 e. The van der Waals surface area contributed by atoms with Gasteiger partial charge >= 0.3 is 0 Å². The Bertz CT molecular complexity index is 624. The minimum atomic E-state index is 0.550. The molecular formula is C14H13N3S. The van der Waals surface area contributed by atoms with E-state index in [1.807, 2.05) is 29.5 Å². The third-order valence-corrected chi connectivity index (χ3v) is 4.35. The summed E-state index contributed by atoms with van der Waals surface area (Å²) in [4.78, 5) is 3.79. The van der Waals surface area contributed by atoms with Gasteiger partial charge in [-0.2, -0.15) is 5.26 Å². The molecule has 0 atom stereocenters. The van der Waals surface area contributed by atoms with E-state index in [4.69, 9.17) is 11.0 Å². The number of nitriles is 1. The fourth-order valence-electron chi connectivity index (χ4n) is 2.31. The van der Waals surface area contributed by atoms with E-state index in [0.29, 0.717) is 11.3 Å². The average molecular weight is 255 g/mol. The van der Waals surface area contributed by atoms with Gasteiger partial charge < -0.3 is 10.6 Å². The van der Waals surface area contributed by atoms with Crippen LogP contribution in [-0.2, 0) is 13.0 Å². The fraction of sp³-hybridized carbons (Fsp3) is 0.214. The highest BCUT2D eigenvalue weighted by atomic mass is 32.1. The summed E-state index contributed by atoms with van der Waals surface area (Å²) in [7, 11) is 0. The maximum absolute atomic E-state index is 9.02. The Kier molecular flexibility index (Phi) is 2.69. The van der Waals surface area contributed by atoms with Crippen LogP contribution in [0.25, 0.3) is 0 Å². The first-order valence-corrected chi connectivity index (χ1v) is 6.75. The molecule has 1 aromatic heterocycles. The van der Waals surface area contributed by atoms with Crippen LogP contribution >= 0.6 is 11.3 Å². The van der Waals surface area contributed by atoms with Crippen LogP contribution < -0.4 is 10.6 Å². The molecule has 0 amide bonds. The molecule has 0 saturated carbocycles. The molecule has 0 fully saturated rings. The van der Waals surface area contributed by atoms with Crippen LogP contribution in [0.5, 0.6) is 0 Å². The first-order chi connectivity index (χ1) is 8.78. The molecule has 1 aromatic carbocycles. The van der Waals surface area contributed by atoms with Crippen LogP contribution in [0.4, 0.5) is 11.4 Å². The molecule has 0 unspecified atom stereocenters. The Balaban J connectivity index is 1.91. The summed E-state index contributed by atoms with van der Waals surface area (Å²) in [6, 6.07) is 10.0. The zero-order valence-corrected chi connectivity index (χ0v) is 10.7. The highest BCUT2D eigenvalue weighted by Gasteiger charge is 2.17. The zero-order valence-electron chi connectivity index (χ0n) is 9.89. The molecule has 0 saturated heterocycles. The Hall–Kier alpha value is -1.99. The van der Waals surface area contributed by atoms with E-state index < -0.39 is 0 Å². The molecular weight excluding hydrogens is 242 g/mol. The standard InChI is InChI=1S/C14H13N3S/c15-8-11-7-12(1-2-13(11)16)17-5-3-14-10(9-17)4-6-18-14/h1-2,4,6-7H,3,5,9,16H2. The number of hydrogen-bond donors (Lipinski definition) is 1. The Morgan fingerprint density at radius 3 is 3.06 bits per heavy atom. The van der Waals surface area contributed by atoms with Crippen molar-refractivity contribution in [1.29, 1.82) is 5.26 Å². The predicted octanol–water partition coefficient (Wildman–Crippen LogP) is 2.76. The van der Waals surface area contributed by atoms with Crippen LogP contribution in [0.2, 0.25) is 0 Å². The van der Waals surface area contributed by atoms with E-state index in [1.165, 1.54) is 10.4 Å². The molecule has 1 aliphatic rings. The van der Waals surface area contributed by atoms with Crippen LogP contribution in [0.3, 0.4) is 0 Å². The van der Waals surface area contributed by atoms with Gasteiger partial charge in [-0.15, -0.1) is 11.3 Å². The third-order valence-electron chi connectivity index (χ3n) is 3.33. The summed E-state index contributed by atoms with van der Waals surface area (Å²) < 4.78 is 0. The molecule has 3 nitrogen and oxygen atoms in total. The van der Waals surface area contributed by atoms with Crippen LogP contribution in [-0.4, -0.2) is 6.54 Å². The van der Waals surface area contributed by atoms with Crippen molar-refractivity contribution in [2.45, 2.75) is 13.0 Å². The van der Waals surface area contributed by atoms with E-state index in [9.17, 15) is 0 Å². The quantitative estimate of drug-likeness (QED) is 0.797. The summed E-state index contributed by atoms with van der Waals surface area (Å²) in [6.07, 6.45) is 1.08. The Morgan fingerprint density at radius 1 is 1.33 bits per heavy atom. The van der Waals surface area contributed by atoms with Crippen molar-refractivity contribution in [2.75, 3.05) is 17.2 Å². The van der Waals surface area contributed by atoms with Gasteiger partial charge in [0.1, 0.15) is 6.07 Å². The van der Waals surface area contributed by atoms with E-state index in [-0.39, 0.29) is 0 Å². The number of rotatable bonds is 1. The van der Waals surface area contributed by atoms with E-state index in [1.54, 1.807) is 0 Å². The average Bonchev–Trinajstić information content (AvgIpc) is 2.86. The second-order valence-corrected chi connectivity index (χ2v) is 5.42. The van der Waals surface area contributed by atoms with Gasteiger partial charge in [-0.1, -0.05) is 0 Å². The summed E-state index contributed by atoms with van der Waals surface area (Å²) >= 11 is 1.83. The molecule has 0 bridgehead atoms. The first kappa shape index (κ1) is 11.1. The lowest BCUT2D eigenvalue weighted by Gasteiger charge is -2.29. The Labute approximate surface area is 110 Å². The number of thiophene rings is 1. The SMILES string of the molecule is N#Cc1cc(N2CCc3sccc3C2)ccc1N. The van der Waals surface area contributed by atoms with Crippen LogP contribution in [0, 0.1) is 11.3 Å². The van der Waals surface area contributed by atoms with Gasteiger partial charge in [-0.05, 0) is 41.6 Å². The second-order valence-electron chi connectivity index (χ2n) is 4.42. The fourth-order valence-corrected chi connectivity index (χ4v) is 3.20. The summed E-state index contributed by atoms with van der Waals surface area (Å²) in [5.74, 6) is 0. The van der Waals surface area contributed by atoms with Crippen molar-refractivity contribution in [3.63, 3.8) is 0 Å². The van der Waals surface area contributed by atoms with Crippen molar-refractivity contribution in [3.05, 3.63) is 45.6 Å². The molecule has 90 valence electrons. The Morgan fingerprint density at radius 2 is 2.22 bits per heavy atom. The lowest BCUT2D eigenvalue weighted by Crippen LogP contribution is -2.29. The smallest absolute Gasteiger partial charge is 0.101 e. The van der Waals surface area contributed by atoms with E-state index in [0.717, 1.165) is 25.2 Å². The highest BCUT2D eigenvalue weighted by Crippen LogP contribution is 2.29. The van der Waals surface area contributed by atoms with Gasteiger partial charge in [0, 0.05) is 29.3 Å². The maximum atomic E-state index is 9.02. The molecule has 0 aliphatic carbocycles.